The van der Waals surface area contributed by atoms with Gasteiger partial charge in [0.25, 0.3) is 0 Å². The van der Waals surface area contributed by atoms with Crippen LogP contribution in [0, 0.1) is 5.92 Å². The van der Waals surface area contributed by atoms with Gasteiger partial charge in [-0.1, -0.05) is 31.4 Å². The van der Waals surface area contributed by atoms with E-state index < -0.39 is 12.2 Å². The zero-order chi connectivity index (χ0) is 13.0. The van der Waals surface area contributed by atoms with Crippen molar-refractivity contribution in [1.29, 1.82) is 0 Å². The third-order valence-corrected chi connectivity index (χ3v) is 3.91. The normalized spacial score (nSPS) is 20.4. The highest BCUT2D eigenvalue weighted by molar-refractivity contribution is 5.28. The van der Waals surface area contributed by atoms with Crippen LogP contribution < -0.4 is 4.74 Å². The number of hydrogen-bond acceptors (Lipinski definition) is 3. The summed E-state index contributed by atoms with van der Waals surface area (Å²) in [5.41, 5.74) is 0.758. The molecule has 3 nitrogen and oxygen atoms in total. The van der Waals surface area contributed by atoms with Crippen molar-refractivity contribution in [2.45, 2.75) is 44.3 Å². The maximum atomic E-state index is 10.2. The Morgan fingerprint density at radius 3 is 2.22 bits per heavy atom. The van der Waals surface area contributed by atoms with Crippen molar-refractivity contribution in [2.75, 3.05) is 7.11 Å². The molecule has 0 saturated heterocycles. The first-order chi connectivity index (χ1) is 8.72. The van der Waals surface area contributed by atoms with Crippen LogP contribution in [0.4, 0.5) is 0 Å². The summed E-state index contributed by atoms with van der Waals surface area (Å²) in [6, 6.07) is 7.25. The zero-order valence-corrected chi connectivity index (χ0v) is 10.9. The standard InChI is InChI=1S/C15H22O3/c1-18-13-9-7-12(8-10-13)15(17)14(16)11-5-3-2-4-6-11/h7-11,14-17H,2-6H2,1H3. The van der Waals surface area contributed by atoms with Gasteiger partial charge in [0.05, 0.1) is 13.2 Å². The van der Waals surface area contributed by atoms with E-state index in [0.29, 0.717) is 0 Å². The Balaban J connectivity index is 2.01. The number of aliphatic hydroxyl groups excluding tert-OH is 2. The van der Waals surface area contributed by atoms with Crippen molar-refractivity contribution < 1.29 is 14.9 Å². The van der Waals surface area contributed by atoms with E-state index in [9.17, 15) is 10.2 Å². The van der Waals surface area contributed by atoms with Crippen LogP contribution in [-0.2, 0) is 0 Å². The van der Waals surface area contributed by atoms with Gasteiger partial charge in [-0.2, -0.15) is 0 Å². The molecule has 1 fully saturated rings. The number of hydrogen-bond donors (Lipinski definition) is 2. The van der Waals surface area contributed by atoms with E-state index in [1.807, 2.05) is 24.3 Å². The molecule has 0 bridgehead atoms. The van der Waals surface area contributed by atoms with Gasteiger partial charge in [-0.05, 0) is 36.5 Å². The molecule has 2 rings (SSSR count). The molecule has 0 amide bonds. The first-order valence-electron chi connectivity index (χ1n) is 6.72. The summed E-state index contributed by atoms with van der Waals surface area (Å²) in [5, 5.41) is 20.5. The van der Waals surface area contributed by atoms with Crippen LogP contribution in [-0.4, -0.2) is 23.4 Å². The summed E-state index contributed by atoms with van der Waals surface area (Å²) in [5.74, 6) is 0.994. The molecule has 1 aromatic rings. The van der Waals surface area contributed by atoms with Crippen molar-refractivity contribution in [3.05, 3.63) is 29.8 Å². The first-order valence-corrected chi connectivity index (χ1v) is 6.72. The second-order valence-corrected chi connectivity index (χ2v) is 5.11. The summed E-state index contributed by atoms with van der Waals surface area (Å²) in [6.45, 7) is 0. The van der Waals surface area contributed by atoms with Crippen molar-refractivity contribution in [1.82, 2.24) is 0 Å². The first kappa shape index (κ1) is 13.4. The topological polar surface area (TPSA) is 49.7 Å². The predicted octanol–water partition coefficient (Wildman–Crippen LogP) is 2.67. The van der Waals surface area contributed by atoms with Crippen LogP contribution in [0.25, 0.3) is 0 Å². The molecule has 2 atom stereocenters. The van der Waals surface area contributed by atoms with Crippen molar-refractivity contribution in [2.24, 2.45) is 5.92 Å². The SMILES string of the molecule is COc1ccc(C(O)C(O)C2CCCCC2)cc1. The van der Waals surface area contributed by atoms with Gasteiger partial charge < -0.3 is 14.9 Å². The average Bonchev–Trinajstić information content (AvgIpc) is 2.47. The molecule has 1 aliphatic carbocycles. The lowest BCUT2D eigenvalue weighted by Crippen LogP contribution is -2.29. The Morgan fingerprint density at radius 2 is 1.67 bits per heavy atom. The Labute approximate surface area is 108 Å². The van der Waals surface area contributed by atoms with E-state index >= 15 is 0 Å². The zero-order valence-electron chi connectivity index (χ0n) is 10.9. The molecule has 0 aromatic heterocycles. The maximum Gasteiger partial charge on any atom is 0.118 e. The highest BCUT2D eigenvalue weighted by atomic mass is 16.5. The average molecular weight is 250 g/mol. The van der Waals surface area contributed by atoms with E-state index in [-0.39, 0.29) is 5.92 Å². The highest BCUT2D eigenvalue weighted by Crippen LogP contribution is 2.32. The molecule has 0 spiro atoms. The van der Waals surface area contributed by atoms with E-state index in [4.69, 9.17) is 4.74 Å². The van der Waals surface area contributed by atoms with E-state index in [2.05, 4.69) is 0 Å². The fraction of sp³-hybridized carbons (Fsp3) is 0.600. The molecular weight excluding hydrogens is 228 g/mol. The smallest absolute Gasteiger partial charge is 0.118 e. The summed E-state index contributed by atoms with van der Waals surface area (Å²) in [7, 11) is 1.61. The van der Waals surface area contributed by atoms with Crippen molar-refractivity contribution in [3.63, 3.8) is 0 Å². The van der Waals surface area contributed by atoms with Gasteiger partial charge >= 0.3 is 0 Å². The quantitative estimate of drug-likeness (QED) is 0.863. The molecule has 0 heterocycles. The molecule has 2 unspecified atom stereocenters. The van der Waals surface area contributed by atoms with Crippen LogP contribution in [0.15, 0.2) is 24.3 Å². The second kappa shape index (κ2) is 6.21. The molecule has 2 N–H and O–H groups in total. The number of benzene rings is 1. The summed E-state index contributed by atoms with van der Waals surface area (Å²) >= 11 is 0. The van der Waals surface area contributed by atoms with Gasteiger partial charge in [-0.15, -0.1) is 0 Å². The van der Waals surface area contributed by atoms with Gasteiger partial charge in [0.2, 0.25) is 0 Å². The van der Waals surface area contributed by atoms with Gasteiger partial charge in [-0.25, -0.2) is 0 Å². The number of aliphatic hydroxyl groups is 2. The third kappa shape index (κ3) is 3.03. The molecule has 0 radical (unpaired) electrons. The summed E-state index contributed by atoms with van der Waals surface area (Å²) in [6.07, 6.45) is 4.18. The van der Waals surface area contributed by atoms with Crippen LogP contribution in [0.1, 0.15) is 43.8 Å². The number of ether oxygens (including phenoxy) is 1. The fourth-order valence-electron chi connectivity index (χ4n) is 2.73. The van der Waals surface area contributed by atoms with Crippen molar-refractivity contribution >= 4 is 0 Å². The lowest BCUT2D eigenvalue weighted by molar-refractivity contribution is -0.0285. The van der Waals surface area contributed by atoms with Gasteiger partial charge in [0, 0.05) is 0 Å². The largest absolute Gasteiger partial charge is 0.497 e. The van der Waals surface area contributed by atoms with Crippen LogP contribution in [0.2, 0.25) is 0 Å². The van der Waals surface area contributed by atoms with Gasteiger partial charge in [-0.3, -0.25) is 0 Å². The molecule has 0 aliphatic heterocycles. The lowest BCUT2D eigenvalue weighted by atomic mass is 9.82. The predicted molar refractivity (Wildman–Crippen MR) is 70.5 cm³/mol. The number of rotatable bonds is 4. The Hall–Kier alpha value is -1.06. The van der Waals surface area contributed by atoms with Crippen molar-refractivity contribution in [3.8, 4) is 5.75 Å². The Morgan fingerprint density at radius 1 is 1.06 bits per heavy atom. The molecule has 1 saturated carbocycles. The monoisotopic (exact) mass is 250 g/mol. The third-order valence-electron chi connectivity index (χ3n) is 3.91. The molecule has 100 valence electrons. The summed E-state index contributed by atoms with van der Waals surface area (Å²) < 4.78 is 5.08. The second-order valence-electron chi connectivity index (χ2n) is 5.11. The van der Waals surface area contributed by atoms with E-state index in [0.717, 1.165) is 37.0 Å². The fourth-order valence-corrected chi connectivity index (χ4v) is 2.73. The van der Waals surface area contributed by atoms with Gasteiger partial charge in [0.15, 0.2) is 0 Å². The highest BCUT2D eigenvalue weighted by Gasteiger charge is 2.28. The van der Waals surface area contributed by atoms with Gasteiger partial charge in [0.1, 0.15) is 11.9 Å². The Kier molecular flexibility index (Phi) is 4.61. The maximum absolute atomic E-state index is 10.2. The van der Waals surface area contributed by atoms with Crippen LogP contribution in [0.3, 0.4) is 0 Å². The van der Waals surface area contributed by atoms with E-state index in [1.165, 1.54) is 6.42 Å². The summed E-state index contributed by atoms with van der Waals surface area (Å²) in [4.78, 5) is 0. The van der Waals surface area contributed by atoms with Crippen LogP contribution in [0.5, 0.6) is 5.75 Å². The molecule has 1 aromatic carbocycles. The minimum atomic E-state index is -0.793. The number of methoxy groups -OCH3 is 1. The molecule has 3 heteroatoms. The molecular formula is C15H22O3. The Bertz CT molecular complexity index is 355. The lowest BCUT2D eigenvalue weighted by Gasteiger charge is -2.29. The van der Waals surface area contributed by atoms with Crippen LogP contribution >= 0.6 is 0 Å². The minimum Gasteiger partial charge on any atom is -0.497 e. The molecule has 1 aliphatic rings. The van der Waals surface area contributed by atoms with E-state index in [1.54, 1.807) is 7.11 Å². The minimum absolute atomic E-state index is 0.232. The molecule has 18 heavy (non-hydrogen) atoms.